The highest BCUT2D eigenvalue weighted by atomic mass is 31.2. The second kappa shape index (κ2) is 60.7. The highest BCUT2D eigenvalue weighted by molar-refractivity contribution is 7.45. The zero-order valence-electron chi connectivity index (χ0n) is 52.1. The van der Waals surface area contributed by atoms with Crippen molar-refractivity contribution < 1.29 is 42.1 Å². The number of quaternary nitrogens is 1. The average Bonchev–Trinajstić information content (AvgIpc) is 3.45. The molecule has 0 aromatic heterocycles. The van der Waals surface area contributed by atoms with Gasteiger partial charge >= 0.3 is 11.9 Å². The molecule has 0 aromatic rings. The maximum Gasteiger partial charge on any atom is 0.306 e. The summed E-state index contributed by atoms with van der Waals surface area (Å²) >= 11 is 0. The van der Waals surface area contributed by atoms with E-state index in [1.807, 2.05) is 21.1 Å². The van der Waals surface area contributed by atoms with E-state index < -0.39 is 32.5 Å². The Morgan fingerprint density at radius 2 is 0.659 bits per heavy atom. The fraction of sp³-hybridized carbons (Fsp3) is 0.556. The number of nitrogens with zero attached hydrogens (tertiary/aromatic N) is 1. The molecule has 0 saturated carbocycles. The zero-order chi connectivity index (χ0) is 59.8. The molecule has 0 aliphatic carbocycles. The molecule has 0 spiro atoms. The Kier molecular flexibility index (Phi) is 57.1. The van der Waals surface area contributed by atoms with Gasteiger partial charge in [-0.05, 0) is 135 Å². The molecule has 460 valence electrons. The lowest BCUT2D eigenvalue weighted by molar-refractivity contribution is -0.870. The van der Waals surface area contributed by atoms with Gasteiger partial charge in [0.25, 0.3) is 7.82 Å². The van der Waals surface area contributed by atoms with E-state index in [2.05, 4.69) is 196 Å². The van der Waals surface area contributed by atoms with Gasteiger partial charge in [0.05, 0.1) is 27.7 Å². The molecule has 0 heterocycles. The van der Waals surface area contributed by atoms with Crippen LogP contribution in [-0.2, 0) is 32.7 Å². The lowest BCUT2D eigenvalue weighted by atomic mass is 10.1. The van der Waals surface area contributed by atoms with E-state index in [1.54, 1.807) is 0 Å². The molecule has 0 aliphatic rings. The molecular weight excluding hydrogens is 1040 g/mol. The van der Waals surface area contributed by atoms with Gasteiger partial charge in [0.15, 0.2) is 6.10 Å². The Bertz CT molecular complexity index is 2030. The molecule has 0 rings (SSSR count). The van der Waals surface area contributed by atoms with Gasteiger partial charge in [-0.15, -0.1) is 0 Å². The number of unbranched alkanes of at least 4 members (excludes halogenated alkanes) is 11. The third-order valence-electron chi connectivity index (χ3n) is 12.4. The number of ether oxygens (including phenoxy) is 2. The number of phosphoric acid groups is 1. The molecule has 0 N–H and O–H groups in total. The SMILES string of the molecule is CC/C=C\C/C=C\C/C=C\C/C=C\C/C=C\C/C=C\C/C=C\C/C=C\C/C=C\C/C=C\C/C=C\C/C=C\CCCCCCC(=O)OC(COC(=O)CCCCCCCCC/C=C\C/C=C\C/C=C\CC)COP(=O)([O-])OCC[N+](C)(C)C. The van der Waals surface area contributed by atoms with E-state index in [0.29, 0.717) is 23.9 Å². The summed E-state index contributed by atoms with van der Waals surface area (Å²) in [5.74, 6) is -0.890. The number of esters is 2. The first-order chi connectivity index (χ1) is 40.0. The van der Waals surface area contributed by atoms with Gasteiger partial charge in [0.1, 0.15) is 19.8 Å². The van der Waals surface area contributed by atoms with E-state index >= 15 is 0 Å². The molecule has 0 aromatic carbocycles. The summed E-state index contributed by atoms with van der Waals surface area (Å²) in [5.41, 5.74) is 0. The van der Waals surface area contributed by atoms with Crippen molar-refractivity contribution in [1.29, 1.82) is 0 Å². The first-order valence-corrected chi connectivity index (χ1v) is 33.0. The van der Waals surface area contributed by atoms with E-state index in [1.165, 1.54) is 19.3 Å². The van der Waals surface area contributed by atoms with Crippen LogP contribution in [0.2, 0.25) is 0 Å². The Morgan fingerprint density at radius 3 is 0.976 bits per heavy atom. The molecule has 9 nitrogen and oxygen atoms in total. The van der Waals surface area contributed by atoms with E-state index in [0.717, 1.165) is 148 Å². The highest BCUT2D eigenvalue weighted by Gasteiger charge is 2.21. The van der Waals surface area contributed by atoms with Gasteiger partial charge in [-0.25, -0.2) is 0 Å². The Labute approximate surface area is 501 Å². The van der Waals surface area contributed by atoms with E-state index in [-0.39, 0.29) is 26.1 Å². The van der Waals surface area contributed by atoms with Crippen molar-refractivity contribution in [3.8, 4) is 0 Å². The Balaban J connectivity index is 4.21. The summed E-state index contributed by atoms with van der Waals surface area (Å²) in [6, 6.07) is 0. The van der Waals surface area contributed by atoms with Gasteiger partial charge in [-0.3, -0.25) is 14.2 Å². The third-order valence-corrected chi connectivity index (χ3v) is 13.4. The minimum Gasteiger partial charge on any atom is -0.756 e. The summed E-state index contributed by atoms with van der Waals surface area (Å²) in [5, 5.41) is 0. The number of carbonyl (C=O) groups excluding carboxylic acids is 2. The second-order valence-corrected chi connectivity index (χ2v) is 22.7. The normalized spacial score (nSPS) is 14.5. The number of allylic oxidation sites excluding steroid dienone is 30. The first-order valence-electron chi connectivity index (χ1n) is 31.5. The molecule has 82 heavy (non-hydrogen) atoms. The maximum absolute atomic E-state index is 12.8. The van der Waals surface area contributed by atoms with E-state index in [4.69, 9.17) is 18.5 Å². The zero-order valence-corrected chi connectivity index (χ0v) is 53.0. The monoisotopic (exact) mass is 1150 g/mol. The fourth-order valence-corrected chi connectivity index (χ4v) is 8.38. The minimum absolute atomic E-state index is 0.0482. The largest absolute Gasteiger partial charge is 0.756 e. The van der Waals surface area contributed by atoms with Crippen LogP contribution in [0, 0.1) is 0 Å². The summed E-state index contributed by atoms with van der Waals surface area (Å²) in [6.07, 6.45) is 93.8. The van der Waals surface area contributed by atoms with Crippen molar-refractivity contribution >= 4 is 19.8 Å². The summed E-state index contributed by atoms with van der Waals surface area (Å²) in [6.45, 7) is 3.94. The standard InChI is InChI=1S/C72H114NO8P/c1-6-8-10-12-14-16-18-20-22-24-25-26-27-28-29-30-31-32-33-34-35-36-37-38-39-40-41-42-43-44-45-46-47-49-51-53-55-57-59-61-63-65-72(75)81-70(69-80-82(76,77)79-67-66-73(3,4)5)68-78-71(74)64-62-60-58-56-54-52-50-48-23-21-19-17-15-13-11-9-7-2/h8-11,14-17,20-23,25-26,28-29,31-32,34-35,37-38,40-41,43-44,46-47,51,53,70H,6-7,12-13,18-19,24,27,30,33,36,39,42,45,48-50,52,54-69H2,1-5H3/b10-8-,11-9-,16-14-,17-15-,22-20-,23-21-,26-25-,29-28-,32-31-,35-34-,38-37-,41-40-,44-43-,47-46-,53-51-. The number of carbonyl (C=O) groups is 2. The van der Waals surface area contributed by atoms with Crippen molar-refractivity contribution in [3.63, 3.8) is 0 Å². The van der Waals surface area contributed by atoms with Crippen molar-refractivity contribution in [2.75, 3.05) is 47.5 Å². The highest BCUT2D eigenvalue weighted by Crippen LogP contribution is 2.38. The number of hydrogen-bond donors (Lipinski definition) is 0. The Hall–Kier alpha value is -4.89. The number of likely N-dealkylation sites (N-methyl/N-ethyl adjacent to an activating group) is 1. The predicted octanol–water partition coefficient (Wildman–Crippen LogP) is 19.7. The van der Waals surface area contributed by atoms with Crippen LogP contribution in [0.3, 0.4) is 0 Å². The van der Waals surface area contributed by atoms with Gasteiger partial charge in [0.2, 0.25) is 0 Å². The fourth-order valence-electron chi connectivity index (χ4n) is 7.65. The van der Waals surface area contributed by atoms with Gasteiger partial charge < -0.3 is 27.9 Å². The van der Waals surface area contributed by atoms with Gasteiger partial charge in [0, 0.05) is 12.8 Å². The van der Waals surface area contributed by atoms with Crippen LogP contribution >= 0.6 is 7.82 Å². The summed E-state index contributed by atoms with van der Waals surface area (Å²) in [4.78, 5) is 37.9. The molecule has 0 fully saturated rings. The number of rotatable bonds is 55. The summed E-state index contributed by atoms with van der Waals surface area (Å²) < 4.78 is 34.1. The molecule has 2 unspecified atom stereocenters. The van der Waals surface area contributed by atoms with Crippen molar-refractivity contribution in [1.82, 2.24) is 0 Å². The van der Waals surface area contributed by atoms with Crippen molar-refractivity contribution in [2.24, 2.45) is 0 Å². The van der Waals surface area contributed by atoms with Crippen LogP contribution in [0.4, 0.5) is 0 Å². The lowest BCUT2D eigenvalue weighted by Crippen LogP contribution is -2.37. The molecule has 0 radical (unpaired) electrons. The maximum atomic E-state index is 12.8. The lowest BCUT2D eigenvalue weighted by Gasteiger charge is -2.28. The van der Waals surface area contributed by atoms with E-state index in [9.17, 15) is 19.0 Å². The number of hydrogen-bond acceptors (Lipinski definition) is 8. The third kappa shape index (κ3) is 64.3. The van der Waals surface area contributed by atoms with Gasteiger partial charge in [-0.2, -0.15) is 0 Å². The number of phosphoric ester groups is 1. The molecule has 0 amide bonds. The van der Waals surface area contributed by atoms with Crippen LogP contribution in [0.25, 0.3) is 0 Å². The minimum atomic E-state index is -4.66. The first kappa shape index (κ1) is 77.1. The van der Waals surface area contributed by atoms with Gasteiger partial charge in [-0.1, -0.05) is 241 Å². The molecular formula is C72H114NO8P. The molecule has 0 bridgehead atoms. The van der Waals surface area contributed by atoms with Crippen LogP contribution in [0.1, 0.15) is 206 Å². The topological polar surface area (TPSA) is 111 Å². The van der Waals surface area contributed by atoms with Crippen LogP contribution in [0.15, 0.2) is 182 Å². The quantitative estimate of drug-likeness (QED) is 0.0195. The van der Waals surface area contributed by atoms with Crippen LogP contribution < -0.4 is 4.89 Å². The van der Waals surface area contributed by atoms with Crippen LogP contribution in [0.5, 0.6) is 0 Å². The second-order valence-electron chi connectivity index (χ2n) is 21.3. The molecule has 10 heteroatoms. The van der Waals surface area contributed by atoms with Crippen molar-refractivity contribution in [2.45, 2.75) is 213 Å². The molecule has 0 aliphatic heterocycles. The smallest absolute Gasteiger partial charge is 0.306 e. The Morgan fingerprint density at radius 1 is 0.378 bits per heavy atom. The molecule has 2 atom stereocenters. The van der Waals surface area contributed by atoms with Crippen LogP contribution in [-0.4, -0.2) is 70.0 Å². The molecule has 0 saturated heterocycles. The van der Waals surface area contributed by atoms with Crippen molar-refractivity contribution in [3.05, 3.63) is 182 Å². The average molecular weight is 1150 g/mol. The predicted molar refractivity (Wildman–Crippen MR) is 350 cm³/mol. The summed E-state index contributed by atoms with van der Waals surface area (Å²) in [7, 11) is 1.11.